The maximum Gasteiger partial charge on any atom is 0.143 e. The molecule has 17 aromatic carbocycles. The van der Waals surface area contributed by atoms with Crippen LogP contribution >= 0.6 is 0 Å². The summed E-state index contributed by atoms with van der Waals surface area (Å²) in [5, 5.41) is 7.10. The van der Waals surface area contributed by atoms with Crippen molar-refractivity contribution in [2.24, 2.45) is 0 Å². The predicted molar refractivity (Wildman–Crippen MR) is 438 cm³/mol. The lowest BCUT2D eigenvalue weighted by molar-refractivity contribution is 0.668. The quantitative estimate of drug-likeness (QED) is 0.152. The third kappa shape index (κ3) is 8.64. The van der Waals surface area contributed by atoms with Crippen molar-refractivity contribution in [2.75, 3.05) is 9.80 Å². The molecule has 0 bridgehead atoms. The Morgan fingerprint density at radius 1 is 0.189 bits per heavy atom. The topological polar surface area (TPSA) is 32.8 Å². The summed E-state index contributed by atoms with van der Waals surface area (Å²) in [6, 6.07) is 141. The van der Waals surface area contributed by atoms with Crippen LogP contribution in [-0.2, 0) is 10.8 Å². The Bertz CT molecular complexity index is 6680. The summed E-state index contributed by atoms with van der Waals surface area (Å²) >= 11 is 0. The zero-order valence-corrected chi connectivity index (χ0v) is 57.7. The van der Waals surface area contributed by atoms with E-state index < -0.39 is 10.8 Å². The van der Waals surface area contributed by atoms with Gasteiger partial charge in [-0.3, -0.25) is 0 Å². The molecule has 0 aliphatic heterocycles. The van der Waals surface area contributed by atoms with Crippen LogP contribution in [0.3, 0.4) is 0 Å². The second kappa shape index (κ2) is 23.4. The number of furan rings is 2. The highest BCUT2D eigenvalue weighted by molar-refractivity contribution is 6.15. The minimum absolute atomic E-state index is 0.499. The van der Waals surface area contributed by atoms with Gasteiger partial charge >= 0.3 is 0 Å². The van der Waals surface area contributed by atoms with Gasteiger partial charge in [0.2, 0.25) is 0 Å². The highest BCUT2D eigenvalue weighted by atomic mass is 16.3. The van der Waals surface area contributed by atoms with Crippen LogP contribution in [0.2, 0.25) is 0 Å². The lowest BCUT2D eigenvalue weighted by Crippen LogP contribution is -2.26. The van der Waals surface area contributed by atoms with Crippen molar-refractivity contribution in [1.82, 2.24) is 0 Å². The van der Waals surface area contributed by atoms with Gasteiger partial charge in [-0.1, -0.05) is 297 Å². The number of hydrogen-bond donors (Lipinski definition) is 0. The van der Waals surface area contributed by atoms with Crippen molar-refractivity contribution in [2.45, 2.75) is 10.8 Å². The van der Waals surface area contributed by atoms with Crippen molar-refractivity contribution in [1.29, 1.82) is 0 Å². The minimum Gasteiger partial charge on any atom is -0.455 e. The van der Waals surface area contributed by atoms with Gasteiger partial charge in [0.1, 0.15) is 22.3 Å². The number of nitrogens with zero attached hydrogens (tertiary/aromatic N) is 2. The number of fused-ring (bicyclic) bond motifs is 29. The molecule has 0 amide bonds. The summed E-state index contributed by atoms with van der Waals surface area (Å²) in [6.45, 7) is 0. The van der Waals surface area contributed by atoms with Crippen molar-refractivity contribution < 1.29 is 8.83 Å². The monoisotopic (exact) mass is 1350 g/mol. The highest BCUT2D eigenvalue weighted by Crippen LogP contribution is 2.67. The molecule has 0 fully saturated rings. The first-order chi connectivity index (χ1) is 52.6. The van der Waals surface area contributed by atoms with Crippen molar-refractivity contribution in [3.63, 3.8) is 0 Å². The molecular formula is C102H64N2O2. The summed E-state index contributed by atoms with van der Waals surface area (Å²) in [6.07, 6.45) is 0. The lowest BCUT2D eigenvalue weighted by Gasteiger charge is -2.32. The normalized spacial score (nSPS) is 13.2. The molecule has 0 saturated heterocycles. The number of para-hydroxylation sites is 4. The Kier molecular flexibility index (Phi) is 13.2. The molecule has 494 valence electrons. The molecule has 0 radical (unpaired) electrons. The number of hydrogen-bond acceptors (Lipinski definition) is 4. The van der Waals surface area contributed by atoms with E-state index in [1.54, 1.807) is 0 Å². The maximum absolute atomic E-state index is 6.81. The molecule has 4 nitrogen and oxygen atoms in total. The average molecular weight is 1350 g/mol. The van der Waals surface area contributed by atoms with Gasteiger partial charge in [-0.05, 0) is 202 Å². The van der Waals surface area contributed by atoms with E-state index in [-0.39, 0.29) is 0 Å². The van der Waals surface area contributed by atoms with Gasteiger partial charge in [0.05, 0.1) is 10.8 Å². The molecule has 19 aromatic rings. The molecule has 4 aliphatic rings. The maximum atomic E-state index is 6.81. The first-order valence-corrected chi connectivity index (χ1v) is 36.6. The first kappa shape index (κ1) is 59.8. The molecule has 2 heterocycles. The fraction of sp³-hybridized carbons (Fsp3) is 0.0196. The van der Waals surface area contributed by atoms with Crippen molar-refractivity contribution in [3.05, 3.63) is 433 Å². The Labute approximate surface area is 613 Å². The van der Waals surface area contributed by atoms with Gasteiger partial charge in [-0.15, -0.1) is 0 Å². The van der Waals surface area contributed by atoms with Crippen LogP contribution in [0.5, 0.6) is 0 Å². The third-order valence-electron chi connectivity index (χ3n) is 23.1. The summed E-state index contributed by atoms with van der Waals surface area (Å²) in [5.41, 5.74) is 34.5. The molecule has 2 spiro atoms. The molecule has 23 rings (SSSR count). The number of benzene rings is 17. The van der Waals surface area contributed by atoms with E-state index in [0.29, 0.717) is 0 Å². The average Bonchev–Trinajstić information content (AvgIpc) is 1.51. The molecule has 4 heteroatoms. The Morgan fingerprint density at radius 3 is 0.981 bits per heavy atom. The summed E-state index contributed by atoms with van der Waals surface area (Å²) in [5.74, 6) is 0. The second-order valence-corrected chi connectivity index (χ2v) is 28.4. The number of anilines is 6. The zero-order chi connectivity index (χ0) is 69.6. The minimum atomic E-state index is -0.511. The zero-order valence-electron chi connectivity index (χ0n) is 57.7. The molecule has 0 unspecified atom stereocenters. The van der Waals surface area contributed by atoms with Gasteiger partial charge in [0.25, 0.3) is 0 Å². The standard InChI is InChI=1S/C53H33NO.C49H31NO/c1-2-14-38(15-3-1)54(39-26-24-35(25-27-39)37-23-22-34-12-4-5-13-36(34)32-37)40-28-29-45-49(33-40)53(46-19-9-6-16-41(46)42-17-7-10-20-47(42)53)48-31-30-44-43-18-8-11-21-50(43)55-52(44)51(45)48;1-3-13-32(14-4-1)33-23-25-35(26-24-33)50(34-15-5-2-6-16-34)36-27-28-41-45(31-36)49(42-20-10-7-17-37(42)38-18-8-11-21-43(38)49)44-30-29-40-39-19-9-12-22-46(39)51-48(40)47(41)44/h1-33H;1-31H. The van der Waals surface area contributed by atoms with Crippen LogP contribution in [0.25, 0.3) is 121 Å². The molecule has 0 atom stereocenters. The molecule has 106 heavy (non-hydrogen) atoms. The van der Waals surface area contributed by atoms with Crippen LogP contribution in [0.1, 0.15) is 44.5 Å². The fourth-order valence-electron chi connectivity index (χ4n) is 18.7. The van der Waals surface area contributed by atoms with E-state index in [9.17, 15) is 0 Å². The Morgan fingerprint density at radius 2 is 0.528 bits per heavy atom. The van der Waals surface area contributed by atoms with Crippen molar-refractivity contribution in [3.8, 4) is 66.8 Å². The van der Waals surface area contributed by atoms with Crippen LogP contribution in [-0.4, -0.2) is 0 Å². The molecular weight excluding hydrogens is 1290 g/mol. The summed E-state index contributed by atoms with van der Waals surface area (Å²) in [4.78, 5) is 4.78. The first-order valence-electron chi connectivity index (χ1n) is 36.6. The van der Waals surface area contributed by atoms with Gasteiger partial charge in [0, 0.05) is 66.8 Å². The molecule has 0 N–H and O–H groups in total. The predicted octanol–water partition coefficient (Wildman–Crippen LogP) is 27.3. The van der Waals surface area contributed by atoms with Crippen LogP contribution < -0.4 is 9.80 Å². The lowest BCUT2D eigenvalue weighted by atomic mass is 9.70. The molecule has 0 saturated carbocycles. The molecule has 4 aliphatic carbocycles. The van der Waals surface area contributed by atoms with Crippen LogP contribution in [0.4, 0.5) is 34.1 Å². The summed E-state index contributed by atoms with van der Waals surface area (Å²) < 4.78 is 13.6. The summed E-state index contributed by atoms with van der Waals surface area (Å²) in [7, 11) is 0. The Hall–Kier alpha value is -13.8. The fourth-order valence-corrected chi connectivity index (χ4v) is 18.7. The van der Waals surface area contributed by atoms with Crippen molar-refractivity contribution >= 4 is 88.8 Å². The number of rotatable bonds is 8. The molecule has 2 aromatic heterocycles. The highest BCUT2D eigenvalue weighted by Gasteiger charge is 2.54. The van der Waals surface area contributed by atoms with E-state index in [4.69, 9.17) is 8.83 Å². The Balaban J connectivity index is 0.000000133. The van der Waals surface area contributed by atoms with E-state index in [2.05, 4.69) is 398 Å². The van der Waals surface area contributed by atoms with Crippen LogP contribution in [0.15, 0.2) is 397 Å². The van der Waals surface area contributed by atoms with E-state index in [1.807, 2.05) is 0 Å². The van der Waals surface area contributed by atoms with Gasteiger partial charge in [-0.2, -0.15) is 0 Å². The van der Waals surface area contributed by atoms with Gasteiger partial charge in [0.15, 0.2) is 0 Å². The third-order valence-corrected chi connectivity index (χ3v) is 23.1. The smallest absolute Gasteiger partial charge is 0.143 e. The van der Waals surface area contributed by atoms with E-state index in [1.165, 1.54) is 122 Å². The van der Waals surface area contributed by atoms with E-state index in [0.717, 1.165) is 78.0 Å². The SMILES string of the molecule is c1ccc(-c2ccc(N(c3ccccc3)c3ccc4c(c3)C3(c5ccccc5-c5ccccc53)c3ccc5c(oc6ccccc65)c3-4)cc2)cc1.c1ccc(N(c2ccc(-c3ccc4ccccc4c3)cc2)c2ccc3c(c2)C2(c4ccccc4-c4ccccc42)c2ccc4c(oc5ccccc54)c2-3)cc1. The van der Waals surface area contributed by atoms with Gasteiger partial charge in [-0.25, -0.2) is 0 Å². The van der Waals surface area contributed by atoms with Crippen LogP contribution in [0, 0.1) is 0 Å². The largest absolute Gasteiger partial charge is 0.455 e. The second-order valence-electron chi connectivity index (χ2n) is 28.4. The van der Waals surface area contributed by atoms with E-state index >= 15 is 0 Å². The van der Waals surface area contributed by atoms with Gasteiger partial charge < -0.3 is 18.6 Å².